The highest BCUT2D eigenvalue weighted by atomic mass is 32.2. The zero-order valence-electron chi connectivity index (χ0n) is 16.7. The maximum Gasteiger partial charge on any atom is 0.337 e. The van der Waals surface area contributed by atoms with Crippen LogP contribution >= 0.6 is 23.3 Å². The van der Waals surface area contributed by atoms with E-state index in [-0.39, 0.29) is 11.5 Å². The van der Waals surface area contributed by atoms with Crippen molar-refractivity contribution in [3.05, 3.63) is 45.1 Å². The van der Waals surface area contributed by atoms with Crippen molar-refractivity contribution in [2.24, 2.45) is 0 Å². The van der Waals surface area contributed by atoms with E-state index in [1.54, 1.807) is 27.7 Å². The second-order valence-corrected chi connectivity index (χ2v) is 9.40. The van der Waals surface area contributed by atoms with Crippen LogP contribution in [0.1, 0.15) is 51.3 Å². The fraction of sp³-hybridized carbons (Fsp3) is 0.500. The smallest absolute Gasteiger partial charge is 0.337 e. The summed E-state index contributed by atoms with van der Waals surface area (Å²) in [6.45, 7) is 8.26. The van der Waals surface area contributed by atoms with Gasteiger partial charge in [-0.2, -0.15) is 5.26 Å². The summed E-state index contributed by atoms with van der Waals surface area (Å²) < 4.78 is 8.66. The SMILES string of the molecule is C1CCSNC1.CC1=C(C(=O)OC(C)(C)C)C(c2cccs2)C(C#N)=C(O)N1. The Morgan fingerprint density at radius 3 is 2.57 bits per heavy atom. The average Bonchev–Trinajstić information content (AvgIpc) is 3.16. The van der Waals surface area contributed by atoms with Crippen LogP contribution in [0.25, 0.3) is 0 Å². The van der Waals surface area contributed by atoms with E-state index in [1.165, 1.54) is 36.5 Å². The standard InChI is InChI=1S/C16H18N2O3S.C4H9NS/c1-9-12(15(20)21-16(2,3)4)13(11-6-5-7-22-11)10(8-17)14(19)18-9;1-2-4-6-5-3-1/h5-7,13,18-19H,1-4H3;5H,1-4H2. The Morgan fingerprint density at radius 2 is 2.14 bits per heavy atom. The Labute approximate surface area is 174 Å². The molecule has 1 atom stereocenters. The van der Waals surface area contributed by atoms with Gasteiger partial charge in [0.2, 0.25) is 5.88 Å². The summed E-state index contributed by atoms with van der Waals surface area (Å²) in [4.78, 5) is 13.4. The van der Waals surface area contributed by atoms with Gasteiger partial charge < -0.3 is 15.2 Å². The van der Waals surface area contributed by atoms with Gasteiger partial charge in [0.1, 0.15) is 17.2 Å². The number of dihydropyridines is 1. The van der Waals surface area contributed by atoms with Gasteiger partial charge in [-0.25, -0.2) is 4.79 Å². The molecule has 3 rings (SSSR count). The lowest BCUT2D eigenvalue weighted by molar-refractivity contribution is -0.150. The highest BCUT2D eigenvalue weighted by Gasteiger charge is 2.37. The molecule has 28 heavy (non-hydrogen) atoms. The van der Waals surface area contributed by atoms with Gasteiger partial charge in [0.05, 0.1) is 11.5 Å². The number of nitrogens with zero attached hydrogens (tertiary/aromatic N) is 1. The number of esters is 1. The predicted molar refractivity (Wildman–Crippen MR) is 114 cm³/mol. The van der Waals surface area contributed by atoms with Crippen LogP contribution in [0.3, 0.4) is 0 Å². The molecule has 2 aliphatic heterocycles. The maximum absolute atomic E-state index is 12.6. The molecule has 3 heterocycles. The minimum Gasteiger partial charge on any atom is -0.494 e. The first-order valence-electron chi connectivity index (χ1n) is 9.17. The lowest BCUT2D eigenvalue weighted by Crippen LogP contribution is -2.32. The van der Waals surface area contributed by atoms with Gasteiger partial charge in [-0.05, 0) is 52.0 Å². The zero-order valence-corrected chi connectivity index (χ0v) is 18.3. The van der Waals surface area contributed by atoms with Crippen molar-refractivity contribution in [1.29, 1.82) is 5.26 Å². The van der Waals surface area contributed by atoms with Gasteiger partial charge >= 0.3 is 5.97 Å². The molecule has 1 aromatic rings. The van der Waals surface area contributed by atoms with Crippen LogP contribution < -0.4 is 10.0 Å². The first-order chi connectivity index (χ1) is 13.2. The van der Waals surface area contributed by atoms with E-state index in [4.69, 9.17) is 4.74 Å². The molecule has 0 saturated carbocycles. The molecule has 0 aliphatic carbocycles. The topological polar surface area (TPSA) is 94.4 Å². The Hall–Kier alpha value is -1.95. The van der Waals surface area contributed by atoms with Crippen LogP contribution in [0.2, 0.25) is 0 Å². The van der Waals surface area contributed by atoms with Crippen molar-refractivity contribution >= 4 is 29.3 Å². The van der Waals surface area contributed by atoms with Crippen molar-refractivity contribution in [3.63, 3.8) is 0 Å². The van der Waals surface area contributed by atoms with Gasteiger partial charge in [0.15, 0.2) is 0 Å². The van der Waals surface area contributed by atoms with Gasteiger partial charge in [0.25, 0.3) is 0 Å². The van der Waals surface area contributed by atoms with Gasteiger partial charge in [0, 0.05) is 22.9 Å². The number of ether oxygens (including phenoxy) is 1. The Kier molecular flexibility index (Phi) is 7.98. The molecular weight excluding hydrogens is 394 g/mol. The number of hydrogen-bond donors (Lipinski definition) is 3. The van der Waals surface area contributed by atoms with Crippen LogP contribution in [0.5, 0.6) is 0 Å². The normalized spacial score (nSPS) is 19.9. The highest BCUT2D eigenvalue weighted by molar-refractivity contribution is 7.97. The number of carbonyl (C=O) groups is 1. The molecule has 0 amide bonds. The number of rotatable bonds is 2. The van der Waals surface area contributed by atoms with Crippen LogP contribution in [-0.4, -0.2) is 29.0 Å². The molecule has 1 unspecified atom stereocenters. The molecule has 2 aliphatic rings. The summed E-state index contributed by atoms with van der Waals surface area (Å²) in [5.41, 5.74) is 0.324. The van der Waals surface area contributed by atoms with Crippen molar-refractivity contribution in [2.75, 3.05) is 12.3 Å². The molecule has 0 radical (unpaired) electrons. The van der Waals surface area contributed by atoms with Crippen LogP contribution in [0.15, 0.2) is 40.2 Å². The van der Waals surface area contributed by atoms with E-state index in [1.807, 2.05) is 35.5 Å². The second kappa shape index (κ2) is 10.0. The van der Waals surface area contributed by atoms with Crippen molar-refractivity contribution in [2.45, 2.75) is 52.1 Å². The number of nitriles is 1. The first-order valence-corrected chi connectivity index (χ1v) is 11.0. The largest absolute Gasteiger partial charge is 0.494 e. The van der Waals surface area contributed by atoms with E-state index >= 15 is 0 Å². The maximum atomic E-state index is 12.6. The van der Waals surface area contributed by atoms with Crippen LogP contribution in [0, 0.1) is 11.3 Å². The Bertz CT molecular complexity index is 771. The third-order valence-electron chi connectivity index (χ3n) is 3.99. The number of aliphatic hydroxyl groups excluding tert-OH is 1. The number of nitrogens with one attached hydrogen (secondary N) is 2. The zero-order chi connectivity index (χ0) is 20.7. The Balaban J connectivity index is 0.000000397. The molecule has 0 bridgehead atoms. The summed E-state index contributed by atoms with van der Waals surface area (Å²) in [5.74, 6) is -0.0111. The second-order valence-electron chi connectivity index (χ2n) is 7.44. The van der Waals surface area contributed by atoms with Crippen molar-refractivity contribution in [1.82, 2.24) is 10.0 Å². The van der Waals surface area contributed by atoms with Crippen LogP contribution in [0.4, 0.5) is 0 Å². The summed E-state index contributed by atoms with van der Waals surface area (Å²) in [6.07, 6.45) is 2.77. The molecule has 152 valence electrons. The van der Waals surface area contributed by atoms with E-state index < -0.39 is 17.5 Å². The molecule has 6 nitrogen and oxygen atoms in total. The fourth-order valence-corrected chi connectivity index (χ4v) is 4.41. The number of carbonyl (C=O) groups excluding carboxylic acids is 1. The summed E-state index contributed by atoms with van der Waals surface area (Å²) in [5, 5.41) is 23.9. The monoisotopic (exact) mass is 421 g/mol. The van der Waals surface area contributed by atoms with E-state index in [0.717, 1.165) is 4.88 Å². The third kappa shape index (κ3) is 6.03. The molecule has 0 aromatic carbocycles. The quantitative estimate of drug-likeness (QED) is 0.482. The lowest BCUT2D eigenvalue weighted by atomic mass is 9.86. The summed E-state index contributed by atoms with van der Waals surface area (Å²) >= 11 is 3.27. The molecule has 1 aromatic heterocycles. The third-order valence-corrected chi connectivity index (χ3v) is 5.82. The number of aliphatic hydroxyl groups is 1. The van der Waals surface area contributed by atoms with E-state index in [2.05, 4.69) is 10.0 Å². The van der Waals surface area contributed by atoms with E-state index in [0.29, 0.717) is 11.3 Å². The molecule has 0 spiro atoms. The van der Waals surface area contributed by atoms with Crippen molar-refractivity contribution < 1.29 is 14.6 Å². The summed E-state index contributed by atoms with van der Waals surface area (Å²) in [6, 6.07) is 5.67. The first kappa shape index (κ1) is 22.3. The Morgan fingerprint density at radius 1 is 1.39 bits per heavy atom. The van der Waals surface area contributed by atoms with Gasteiger partial charge in [-0.3, -0.25) is 4.72 Å². The predicted octanol–water partition coefficient (Wildman–Crippen LogP) is 4.36. The van der Waals surface area contributed by atoms with E-state index in [9.17, 15) is 15.2 Å². The number of allylic oxidation sites excluding steroid dienone is 2. The summed E-state index contributed by atoms with van der Waals surface area (Å²) in [7, 11) is 0. The number of hydrogen-bond acceptors (Lipinski definition) is 8. The fourth-order valence-electron chi connectivity index (χ4n) is 2.79. The highest BCUT2D eigenvalue weighted by Crippen LogP contribution is 2.40. The van der Waals surface area contributed by atoms with Gasteiger partial charge in [-0.1, -0.05) is 18.0 Å². The molecular formula is C20H27N3O3S2. The molecule has 1 saturated heterocycles. The van der Waals surface area contributed by atoms with Crippen molar-refractivity contribution in [3.8, 4) is 6.07 Å². The minimum atomic E-state index is -0.639. The molecule has 3 N–H and O–H groups in total. The van der Waals surface area contributed by atoms with Gasteiger partial charge in [-0.15, -0.1) is 11.3 Å². The molecule has 8 heteroatoms. The minimum absolute atomic E-state index is 0.119. The number of thiophene rings is 1. The molecule has 1 fully saturated rings. The lowest BCUT2D eigenvalue weighted by Gasteiger charge is -2.28. The van der Waals surface area contributed by atoms with Crippen LogP contribution in [-0.2, 0) is 9.53 Å². The average molecular weight is 422 g/mol.